The van der Waals surface area contributed by atoms with Crippen molar-refractivity contribution >= 4 is 39.4 Å². The van der Waals surface area contributed by atoms with Gasteiger partial charge in [-0.15, -0.1) is 0 Å². The maximum absolute atomic E-state index is 11.4. The summed E-state index contributed by atoms with van der Waals surface area (Å²) < 4.78 is 6.17. The molecule has 5 aromatic rings. The molecule has 0 saturated heterocycles. The Labute approximate surface area is 296 Å². The number of thioether (sulfide) groups is 1. The zero-order valence-electron chi connectivity index (χ0n) is 29.7. The minimum Gasteiger partial charge on any atom is -0.507 e. The average molecular weight is 674 g/mol. The van der Waals surface area contributed by atoms with Gasteiger partial charge < -0.3 is 9.84 Å². The Hall–Kier alpha value is -3.90. The number of aromatic hydroxyl groups is 1. The van der Waals surface area contributed by atoms with Crippen LogP contribution in [0, 0.1) is 11.8 Å². The number of aromatic nitrogens is 3. The highest BCUT2D eigenvalue weighted by Gasteiger charge is 2.22. The van der Waals surface area contributed by atoms with Gasteiger partial charge in [0.1, 0.15) is 11.5 Å². The Bertz CT molecular complexity index is 1920. The number of phenols is 1. The molecule has 0 spiro atoms. The van der Waals surface area contributed by atoms with Crippen LogP contribution in [-0.4, -0.2) is 32.4 Å². The summed E-state index contributed by atoms with van der Waals surface area (Å²) in [6, 6.07) is 20.9. The van der Waals surface area contributed by atoms with Gasteiger partial charge in [-0.25, -0.2) is 15.0 Å². The van der Waals surface area contributed by atoms with Crippen LogP contribution in [0.15, 0.2) is 71.9 Å². The molecular weight excluding hydrogens is 623 g/mol. The van der Waals surface area contributed by atoms with E-state index in [4.69, 9.17) is 19.7 Å². The van der Waals surface area contributed by atoms with Crippen LogP contribution in [0.1, 0.15) is 96.6 Å². The van der Waals surface area contributed by atoms with E-state index in [1.807, 2.05) is 12.1 Å². The first-order valence-corrected chi connectivity index (χ1v) is 19.5. The van der Waals surface area contributed by atoms with E-state index in [1.54, 1.807) is 17.8 Å². The summed E-state index contributed by atoms with van der Waals surface area (Å²) in [6.07, 6.45) is 15.9. The SMILES string of the molecule is CCCCC(CC)COc1ccc(-c2nc(SCC(CC)CCCC)nc(-c3cc4c(ccc5ccccc54)c4c3C=CCC4)n2)c(O)c1. The second-order valence-electron chi connectivity index (χ2n) is 13.5. The first kappa shape index (κ1) is 34.9. The van der Waals surface area contributed by atoms with Crippen molar-refractivity contribution in [2.24, 2.45) is 11.8 Å². The average Bonchev–Trinajstić information content (AvgIpc) is 3.14. The molecule has 0 bridgehead atoms. The van der Waals surface area contributed by atoms with Gasteiger partial charge in [0.25, 0.3) is 0 Å². The summed E-state index contributed by atoms with van der Waals surface area (Å²) in [5, 5.41) is 17.0. The fraction of sp³-hybridized carbons (Fsp3) is 0.419. The molecule has 0 amide bonds. The smallest absolute Gasteiger partial charge is 0.191 e. The Morgan fingerprint density at radius 1 is 0.776 bits per heavy atom. The van der Waals surface area contributed by atoms with Gasteiger partial charge in [0.2, 0.25) is 0 Å². The molecule has 1 aromatic heterocycles. The van der Waals surface area contributed by atoms with Gasteiger partial charge in [0.15, 0.2) is 16.8 Å². The third kappa shape index (κ3) is 8.12. The lowest BCUT2D eigenvalue weighted by atomic mass is 9.86. The molecule has 0 fully saturated rings. The number of benzene rings is 4. The predicted octanol–water partition coefficient (Wildman–Crippen LogP) is 12.1. The van der Waals surface area contributed by atoms with Crippen LogP contribution < -0.4 is 4.74 Å². The lowest BCUT2D eigenvalue weighted by Gasteiger charge is -2.20. The van der Waals surface area contributed by atoms with E-state index in [1.165, 1.54) is 64.8 Å². The van der Waals surface area contributed by atoms with Crippen molar-refractivity contribution in [1.29, 1.82) is 0 Å². The number of rotatable bonds is 16. The highest BCUT2D eigenvalue weighted by molar-refractivity contribution is 7.99. The van der Waals surface area contributed by atoms with E-state index in [0.717, 1.165) is 43.4 Å². The molecule has 2 atom stereocenters. The van der Waals surface area contributed by atoms with Crippen molar-refractivity contribution < 1.29 is 9.84 Å². The Morgan fingerprint density at radius 2 is 1.53 bits per heavy atom. The summed E-state index contributed by atoms with van der Waals surface area (Å²) >= 11 is 1.71. The zero-order valence-corrected chi connectivity index (χ0v) is 30.5. The van der Waals surface area contributed by atoms with Crippen LogP contribution in [-0.2, 0) is 6.42 Å². The molecule has 0 radical (unpaired) electrons. The minimum absolute atomic E-state index is 0.119. The summed E-state index contributed by atoms with van der Waals surface area (Å²) in [5.41, 5.74) is 4.12. The second-order valence-corrected chi connectivity index (χ2v) is 14.5. The summed E-state index contributed by atoms with van der Waals surface area (Å²) in [4.78, 5) is 15.2. The fourth-order valence-corrected chi connectivity index (χ4v) is 8.06. The molecular formula is C43H51N3O2S. The van der Waals surface area contributed by atoms with Gasteiger partial charge in [0.05, 0.1) is 12.2 Å². The molecule has 6 rings (SSSR count). The number of phenolic OH excluding ortho intramolecular Hbond substituents is 1. The molecule has 1 aliphatic rings. The van der Waals surface area contributed by atoms with Gasteiger partial charge >= 0.3 is 0 Å². The molecule has 1 aliphatic carbocycles. The molecule has 0 aliphatic heterocycles. The molecule has 1 heterocycles. The van der Waals surface area contributed by atoms with Gasteiger partial charge in [-0.05, 0) is 88.4 Å². The van der Waals surface area contributed by atoms with E-state index in [9.17, 15) is 5.11 Å². The highest BCUT2D eigenvalue weighted by Crippen LogP contribution is 2.40. The van der Waals surface area contributed by atoms with E-state index >= 15 is 0 Å². The minimum atomic E-state index is 0.119. The van der Waals surface area contributed by atoms with Crippen molar-refractivity contribution in [2.75, 3.05) is 12.4 Å². The maximum atomic E-state index is 11.4. The van der Waals surface area contributed by atoms with Crippen molar-refractivity contribution in [3.8, 4) is 34.3 Å². The monoisotopic (exact) mass is 673 g/mol. The number of nitrogens with zero attached hydrogens (tertiary/aromatic N) is 3. The van der Waals surface area contributed by atoms with Crippen LogP contribution >= 0.6 is 11.8 Å². The van der Waals surface area contributed by atoms with Crippen LogP contribution in [0.2, 0.25) is 0 Å². The van der Waals surface area contributed by atoms with Crippen LogP contribution in [0.5, 0.6) is 11.5 Å². The molecule has 5 nitrogen and oxygen atoms in total. The quantitative estimate of drug-likeness (QED) is 0.0830. The zero-order chi connectivity index (χ0) is 34.2. The number of hydrogen-bond acceptors (Lipinski definition) is 6. The third-order valence-electron chi connectivity index (χ3n) is 10.1. The van der Waals surface area contributed by atoms with Crippen molar-refractivity contribution in [3.05, 3.63) is 77.9 Å². The van der Waals surface area contributed by atoms with E-state index in [-0.39, 0.29) is 5.75 Å². The Kier molecular flexibility index (Phi) is 11.9. The number of fused-ring (bicyclic) bond motifs is 5. The fourth-order valence-electron chi connectivity index (χ4n) is 6.97. The Balaban J connectivity index is 1.43. The van der Waals surface area contributed by atoms with Crippen LogP contribution in [0.25, 0.3) is 50.4 Å². The normalized spacial score (nSPS) is 13.9. The van der Waals surface area contributed by atoms with E-state index in [2.05, 4.69) is 82.3 Å². The number of hydrogen-bond donors (Lipinski definition) is 1. The third-order valence-corrected chi connectivity index (χ3v) is 11.2. The Morgan fingerprint density at radius 3 is 2.29 bits per heavy atom. The van der Waals surface area contributed by atoms with Crippen LogP contribution in [0.4, 0.5) is 0 Å². The number of aryl methyl sites for hydroxylation is 1. The molecule has 0 saturated carbocycles. The number of ether oxygens (including phenoxy) is 1. The standard InChI is InChI=1S/C43H51N3O2S/c1-5-9-15-29(7-3)27-48-32-22-24-37(40(47)25-32)41-44-42(46-43(45-41)49-28-30(8-4)16-10-6-2)39-26-38-33-18-12-11-17-31(33)21-23-36(38)34-19-13-14-20-35(34)39/h11-12,14,17-18,20-26,29-30,47H,5-10,13,15-16,19,27-28H2,1-4H3. The molecule has 2 unspecified atom stereocenters. The first-order valence-electron chi connectivity index (χ1n) is 18.5. The van der Waals surface area contributed by atoms with Gasteiger partial charge in [-0.1, -0.05) is 127 Å². The van der Waals surface area contributed by atoms with Crippen molar-refractivity contribution in [2.45, 2.75) is 97.1 Å². The summed E-state index contributed by atoms with van der Waals surface area (Å²) in [5.74, 6) is 3.98. The van der Waals surface area contributed by atoms with Crippen LogP contribution in [0.3, 0.4) is 0 Å². The van der Waals surface area contributed by atoms with Gasteiger partial charge in [0, 0.05) is 17.4 Å². The molecule has 1 N–H and O–H groups in total. The summed E-state index contributed by atoms with van der Waals surface area (Å²) in [6.45, 7) is 9.62. The van der Waals surface area contributed by atoms with Crippen molar-refractivity contribution in [1.82, 2.24) is 15.0 Å². The molecule has 256 valence electrons. The topological polar surface area (TPSA) is 68.1 Å². The lowest BCUT2D eigenvalue weighted by molar-refractivity contribution is 0.232. The highest BCUT2D eigenvalue weighted by atomic mass is 32.2. The molecule has 4 aromatic carbocycles. The lowest BCUT2D eigenvalue weighted by Crippen LogP contribution is -2.11. The van der Waals surface area contributed by atoms with Gasteiger partial charge in [-0.2, -0.15) is 0 Å². The van der Waals surface area contributed by atoms with Crippen molar-refractivity contribution in [3.63, 3.8) is 0 Å². The van der Waals surface area contributed by atoms with Gasteiger partial charge in [-0.3, -0.25) is 0 Å². The maximum Gasteiger partial charge on any atom is 0.191 e. The molecule has 6 heteroatoms. The largest absolute Gasteiger partial charge is 0.507 e. The van der Waals surface area contributed by atoms with E-state index in [0.29, 0.717) is 46.6 Å². The predicted molar refractivity (Wildman–Crippen MR) is 208 cm³/mol. The number of unbranched alkanes of at least 4 members (excludes halogenated alkanes) is 2. The second kappa shape index (κ2) is 16.7. The van der Waals surface area contributed by atoms with E-state index < -0.39 is 0 Å². The first-order chi connectivity index (χ1) is 24.0. The molecule has 49 heavy (non-hydrogen) atoms. The summed E-state index contributed by atoms with van der Waals surface area (Å²) in [7, 11) is 0. The number of allylic oxidation sites excluding steroid dienone is 1.